The van der Waals surface area contributed by atoms with E-state index in [-0.39, 0.29) is 23.4 Å². The highest BCUT2D eigenvalue weighted by molar-refractivity contribution is 6.03. The fourth-order valence-electron chi connectivity index (χ4n) is 4.31. The van der Waals surface area contributed by atoms with Gasteiger partial charge >= 0.3 is 5.97 Å². The van der Waals surface area contributed by atoms with Gasteiger partial charge in [0.25, 0.3) is 5.91 Å². The highest BCUT2D eigenvalue weighted by atomic mass is 16.5. The molecule has 0 radical (unpaired) electrons. The molecule has 0 bridgehead atoms. The molecule has 182 valence electrons. The summed E-state index contributed by atoms with van der Waals surface area (Å²) in [5, 5.41) is 18.6. The summed E-state index contributed by atoms with van der Waals surface area (Å²) in [5.74, 6) is -0.919. The Morgan fingerprint density at radius 2 is 1.63 bits per heavy atom. The summed E-state index contributed by atoms with van der Waals surface area (Å²) in [7, 11) is 0. The van der Waals surface area contributed by atoms with E-state index in [4.69, 9.17) is 4.52 Å². The Labute approximate surface area is 203 Å². The second-order valence-electron chi connectivity index (χ2n) is 9.49. The van der Waals surface area contributed by atoms with E-state index < -0.39 is 11.5 Å². The van der Waals surface area contributed by atoms with Gasteiger partial charge in [-0.3, -0.25) is 9.59 Å². The van der Waals surface area contributed by atoms with Gasteiger partial charge in [0, 0.05) is 23.2 Å². The molecule has 3 aromatic rings. The highest BCUT2D eigenvalue weighted by Crippen LogP contribution is 2.36. The molecular weight excluding hydrogens is 446 g/mol. The number of anilines is 1. The molecule has 1 fully saturated rings. The van der Waals surface area contributed by atoms with E-state index in [0.29, 0.717) is 30.2 Å². The summed E-state index contributed by atoms with van der Waals surface area (Å²) >= 11 is 0. The molecule has 35 heavy (non-hydrogen) atoms. The van der Waals surface area contributed by atoms with Crippen molar-refractivity contribution in [2.24, 2.45) is 5.92 Å². The topological polar surface area (TPSA) is 122 Å². The highest BCUT2D eigenvalue weighted by Gasteiger charge is 2.33. The van der Waals surface area contributed by atoms with Gasteiger partial charge in [0.05, 0.1) is 0 Å². The molecule has 1 aliphatic carbocycles. The zero-order valence-electron chi connectivity index (χ0n) is 19.8. The van der Waals surface area contributed by atoms with Crippen LogP contribution in [-0.2, 0) is 9.59 Å². The monoisotopic (exact) mass is 475 g/mol. The lowest BCUT2D eigenvalue weighted by molar-refractivity contribution is -0.146. The number of hydrogen-bond acceptors (Lipinski definition) is 5. The Morgan fingerprint density at radius 1 is 0.971 bits per heavy atom. The van der Waals surface area contributed by atoms with Crippen molar-refractivity contribution in [3.05, 3.63) is 71.9 Å². The lowest BCUT2D eigenvalue weighted by atomic mass is 9.78. The van der Waals surface area contributed by atoms with Crippen LogP contribution in [-0.4, -0.2) is 33.6 Å². The van der Waals surface area contributed by atoms with E-state index in [1.165, 1.54) is 13.8 Å². The minimum atomic E-state index is -1.27. The molecule has 4 rings (SSSR count). The molecule has 2 aromatic carbocycles. The summed E-state index contributed by atoms with van der Waals surface area (Å²) in [4.78, 5) is 36.3. The van der Waals surface area contributed by atoms with Crippen molar-refractivity contribution in [1.29, 1.82) is 0 Å². The Kier molecular flexibility index (Phi) is 7.00. The van der Waals surface area contributed by atoms with Crippen LogP contribution in [0.2, 0.25) is 0 Å². The maximum Gasteiger partial charge on any atom is 0.328 e. The number of amides is 2. The van der Waals surface area contributed by atoms with Gasteiger partial charge in [0.15, 0.2) is 11.5 Å². The first-order valence-electron chi connectivity index (χ1n) is 11.7. The van der Waals surface area contributed by atoms with Crippen molar-refractivity contribution >= 4 is 23.5 Å². The summed E-state index contributed by atoms with van der Waals surface area (Å²) in [5.41, 5.74) is 1.59. The van der Waals surface area contributed by atoms with Gasteiger partial charge in [-0.1, -0.05) is 47.6 Å². The van der Waals surface area contributed by atoms with Crippen LogP contribution in [0.1, 0.15) is 61.5 Å². The van der Waals surface area contributed by atoms with Crippen LogP contribution in [0.3, 0.4) is 0 Å². The molecule has 0 aliphatic heterocycles. The fraction of sp³-hybridized carbons (Fsp3) is 0.333. The van der Waals surface area contributed by atoms with Crippen molar-refractivity contribution in [2.45, 2.75) is 51.0 Å². The predicted octanol–water partition coefficient (Wildman–Crippen LogP) is 4.85. The SMILES string of the molecule is CC(C)(NC(=O)[C@H]1CC[C@@H](c2ccc(NC(=O)c3cc(-c4ccccc4)on3)cc2)CC1)C(=O)O. The van der Waals surface area contributed by atoms with Gasteiger partial charge in [0.2, 0.25) is 5.91 Å². The van der Waals surface area contributed by atoms with E-state index in [2.05, 4.69) is 15.8 Å². The third-order valence-corrected chi connectivity index (χ3v) is 6.51. The second kappa shape index (κ2) is 10.1. The normalized spacial score (nSPS) is 18.0. The Balaban J connectivity index is 1.30. The van der Waals surface area contributed by atoms with E-state index >= 15 is 0 Å². The van der Waals surface area contributed by atoms with Crippen LogP contribution < -0.4 is 10.6 Å². The Hall–Kier alpha value is -3.94. The molecule has 3 N–H and O–H groups in total. The molecule has 1 saturated carbocycles. The van der Waals surface area contributed by atoms with Gasteiger partial charge in [-0.15, -0.1) is 0 Å². The number of carboxylic acids is 1. The molecule has 1 heterocycles. The first-order chi connectivity index (χ1) is 16.7. The van der Waals surface area contributed by atoms with Gasteiger partial charge < -0.3 is 20.3 Å². The zero-order valence-corrected chi connectivity index (χ0v) is 19.8. The quantitative estimate of drug-likeness (QED) is 0.449. The Morgan fingerprint density at radius 3 is 2.26 bits per heavy atom. The lowest BCUT2D eigenvalue weighted by Gasteiger charge is -2.30. The average molecular weight is 476 g/mol. The average Bonchev–Trinajstić information content (AvgIpc) is 3.35. The number of hydrogen-bond donors (Lipinski definition) is 3. The molecule has 8 heteroatoms. The van der Waals surface area contributed by atoms with Crippen LogP contribution in [0.25, 0.3) is 11.3 Å². The molecule has 1 aliphatic rings. The van der Waals surface area contributed by atoms with E-state index in [1.54, 1.807) is 6.07 Å². The van der Waals surface area contributed by atoms with Crippen LogP contribution in [0, 0.1) is 5.92 Å². The number of carbonyl (C=O) groups excluding carboxylic acids is 2. The third kappa shape index (κ3) is 5.77. The number of benzene rings is 2. The number of carbonyl (C=O) groups is 3. The smallest absolute Gasteiger partial charge is 0.328 e. The number of aromatic nitrogens is 1. The fourth-order valence-corrected chi connectivity index (χ4v) is 4.31. The summed E-state index contributed by atoms with van der Waals surface area (Å²) in [6.45, 7) is 2.98. The van der Waals surface area contributed by atoms with Gasteiger partial charge in [-0.25, -0.2) is 4.79 Å². The lowest BCUT2D eigenvalue weighted by Crippen LogP contribution is -2.51. The minimum Gasteiger partial charge on any atom is -0.480 e. The maximum absolute atomic E-state index is 12.6. The maximum atomic E-state index is 12.6. The molecule has 0 atom stereocenters. The van der Waals surface area contributed by atoms with E-state index in [9.17, 15) is 19.5 Å². The van der Waals surface area contributed by atoms with Crippen molar-refractivity contribution in [1.82, 2.24) is 10.5 Å². The predicted molar refractivity (Wildman–Crippen MR) is 131 cm³/mol. The molecule has 8 nitrogen and oxygen atoms in total. The van der Waals surface area contributed by atoms with Crippen molar-refractivity contribution in [3.63, 3.8) is 0 Å². The number of rotatable bonds is 7. The zero-order chi connectivity index (χ0) is 25.0. The first kappa shape index (κ1) is 24.2. The van der Waals surface area contributed by atoms with Crippen molar-refractivity contribution in [3.8, 4) is 11.3 Å². The number of aliphatic carboxylic acids is 1. The molecule has 0 spiro atoms. The van der Waals surface area contributed by atoms with Crippen LogP contribution in [0.4, 0.5) is 5.69 Å². The largest absolute Gasteiger partial charge is 0.480 e. The number of nitrogens with one attached hydrogen (secondary N) is 2. The Bertz CT molecular complexity index is 1190. The second-order valence-corrected chi connectivity index (χ2v) is 9.49. The van der Waals surface area contributed by atoms with Gasteiger partial charge in [0.1, 0.15) is 5.54 Å². The molecular formula is C27H29N3O5. The van der Waals surface area contributed by atoms with Crippen LogP contribution in [0.5, 0.6) is 0 Å². The van der Waals surface area contributed by atoms with Gasteiger partial charge in [-0.2, -0.15) is 0 Å². The van der Waals surface area contributed by atoms with E-state index in [0.717, 1.165) is 24.0 Å². The molecule has 2 amide bonds. The summed E-state index contributed by atoms with van der Waals surface area (Å²) in [6, 6.07) is 18.8. The van der Waals surface area contributed by atoms with E-state index in [1.807, 2.05) is 54.6 Å². The number of nitrogens with zero attached hydrogens (tertiary/aromatic N) is 1. The number of carboxylic acid groups (broad SMARTS) is 1. The van der Waals surface area contributed by atoms with Crippen molar-refractivity contribution < 1.29 is 24.0 Å². The third-order valence-electron chi connectivity index (χ3n) is 6.51. The summed E-state index contributed by atoms with van der Waals surface area (Å²) < 4.78 is 5.30. The van der Waals surface area contributed by atoms with Crippen LogP contribution in [0.15, 0.2) is 65.2 Å². The van der Waals surface area contributed by atoms with Gasteiger partial charge in [-0.05, 0) is 63.1 Å². The standard InChI is InChI=1S/C27H29N3O5/c1-27(2,26(33)34)29-24(31)20-10-8-17(9-11-20)18-12-14-21(15-13-18)28-25(32)22-16-23(35-30-22)19-6-4-3-5-7-19/h3-7,12-17,20H,8-11H2,1-2H3,(H,28,32)(H,29,31)(H,33,34)/t17-,20+. The molecule has 0 unspecified atom stereocenters. The molecule has 1 aromatic heterocycles. The summed E-state index contributed by atoms with van der Waals surface area (Å²) in [6.07, 6.45) is 3.11. The minimum absolute atomic E-state index is 0.174. The van der Waals surface area contributed by atoms with Crippen LogP contribution >= 0.6 is 0 Å². The first-order valence-corrected chi connectivity index (χ1v) is 11.7. The molecule has 0 saturated heterocycles. The van der Waals surface area contributed by atoms with Crippen molar-refractivity contribution in [2.75, 3.05) is 5.32 Å².